The van der Waals surface area contributed by atoms with E-state index in [-0.39, 0.29) is 31.4 Å². The van der Waals surface area contributed by atoms with Crippen molar-refractivity contribution in [1.82, 2.24) is 10.6 Å². The molecule has 0 heterocycles. The maximum Gasteiger partial charge on any atom is 0.407 e. The van der Waals surface area contributed by atoms with Crippen molar-refractivity contribution in [1.29, 1.82) is 0 Å². The second-order valence-corrected chi connectivity index (χ2v) is 9.14. The number of alkyl carbamates (subject to hydrolysis) is 1. The highest BCUT2D eigenvalue weighted by molar-refractivity contribution is 5.84. The molecule has 2 aliphatic carbocycles. The van der Waals surface area contributed by atoms with Crippen molar-refractivity contribution in [2.75, 3.05) is 13.2 Å². The summed E-state index contributed by atoms with van der Waals surface area (Å²) in [5, 5.41) is 14.5. The van der Waals surface area contributed by atoms with Crippen molar-refractivity contribution >= 4 is 18.0 Å². The molecular weight excluding hydrogens is 420 g/mol. The molecule has 3 N–H and O–H groups in total. The number of nitrogens with one attached hydrogen (secondary N) is 2. The lowest BCUT2D eigenvalue weighted by Gasteiger charge is -2.29. The Kier molecular flexibility index (Phi) is 6.67. The second-order valence-electron chi connectivity index (χ2n) is 9.14. The lowest BCUT2D eigenvalue weighted by atomic mass is 9.84. The molecule has 174 valence electrons. The van der Waals surface area contributed by atoms with Crippen molar-refractivity contribution < 1.29 is 24.2 Å². The molecule has 1 atom stereocenters. The van der Waals surface area contributed by atoms with E-state index in [9.17, 15) is 14.4 Å². The SMILES string of the molecule is C[C@@H](CC(=O)O)NC(=O)C1(CNC(=O)OCC2c3ccccc3-c3ccccc32)CCCC1. The van der Waals surface area contributed by atoms with E-state index >= 15 is 0 Å². The molecule has 0 spiro atoms. The molecule has 0 aromatic heterocycles. The Hall–Kier alpha value is -3.35. The highest BCUT2D eigenvalue weighted by Crippen LogP contribution is 2.44. The van der Waals surface area contributed by atoms with Gasteiger partial charge in [-0.05, 0) is 42.0 Å². The van der Waals surface area contributed by atoms with E-state index in [1.807, 2.05) is 24.3 Å². The van der Waals surface area contributed by atoms with Crippen LogP contribution in [0.4, 0.5) is 4.79 Å². The van der Waals surface area contributed by atoms with Gasteiger partial charge in [0.2, 0.25) is 5.91 Å². The summed E-state index contributed by atoms with van der Waals surface area (Å²) in [6.45, 7) is 2.07. The number of fused-ring (bicyclic) bond motifs is 3. The molecule has 0 aliphatic heterocycles. The highest BCUT2D eigenvalue weighted by Gasteiger charge is 2.42. The number of carboxylic acids is 1. The van der Waals surface area contributed by atoms with E-state index < -0.39 is 23.5 Å². The standard InChI is InChI=1S/C26H30N2O5/c1-17(14-23(29)30)28-24(31)26(12-6-7-13-26)16-27-25(32)33-15-22-20-10-4-2-8-18(20)19-9-3-5-11-21(19)22/h2-5,8-11,17,22H,6-7,12-16H2,1H3,(H,27,32)(H,28,31)(H,29,30)/t17-/m0/s1. The van der Waals surface area contributed by atoms with E-state index in [2.05, 4.69) is 34.9 Å². The number of hydrogen-bond acceptors (Lipinski definition) is 4. The number of amides is 2. The van der Waals surface area contributed by atoms with Gasteiger partial charge < -0.3 is 20.5 Å². The predicted octanol–water partition coefficient (Wildman–Crippen LogP) is 4.06. The van der Waals surface area contributed by atoms with Gasteiger partial charge >= 0.3 is 12.1 Å². The van der Waals surface area contributed by atoms with Crippen LogP contribution < -0.4 is 10.6 Å². The Labute approximate surface area is 193 Å². The zero-order chi connectivity index (χ0) is 23.4. The fourth-order valence-electron chi connectivity index (χ4n) is 5.12. The number of ether oxygens (including phenoxy) is 1. The Balaban J connectivity index is 1.36. The van der Waals surface area contributed by atoms with Crippen molar-refractivity contribution in [3.8, 4) is 11.1 Å². The minimum atomic E-state index is -0.958. The molecule has 0 radical (unpaired) electrons. The third kappa shape index (κ3) is 4.87. The van der Waals surface area contributed by atoms with Gasteiger partial charge in [-0.15, -0.1) is 0 Å². The first kappa shape index (κ1) is 22.8. The zero-order valence-corrected chi connectivity index (χ0v) is 18.8. The predicted molar refractivity (Wildman–Crippen MR) is 124 cm³/mol. The number of carbonyl (C=O) groups excluding carboxylic acids is 2. The quantitative estimate of drug-likeness (QED) is 0.562. The fourth-order valence-corrected chi connectivity index (χ4v) is 5.12. The molecule has 7 nitrogen and oxygen atoms in total. The van der Waals surface area contributed by atoms with Gasteiger partial charge in [-0.2, -0.15) is 0 Å². The minimum Gasteiger partial charge on any atom is -0.481 e. The van der Waals surface area contributed by atoms with Gasteiger partial charge in [0.05, 0.1) is 11.8 Å². The Morgan fingerprint density at radius 1 is 1.03 bits per heavy atom. The summed E-state index contributed by atoms with van der Waals surface area (Å²) >= 11 is 0. The molecule has 4 rings (SSSR count). The first-order chi connectivity index (χ1) is 15.9. The second kappa shape index (κ2) is 9.65. The first-order valence-electron chi connectivity index (χ1n) is 11.5. The molecule has 2 amide bonds. The van der Waals surface area contributed by atoms with E-state index in [0.717, 1.165) is 24.0 Å². The third-order valence-corrected chi connectivity index (χ3v) is 6.82. The van der Waals surface area contributed by atoms with Crippen molar-refractivity contribution in [2.24, 2.45) is 5.41 Å². The number of carbonyl (C=O) groups is 3. The van der Waals surface area contributed by atoms with E-state index in [0.29, 0.717) is 12.8 Å². The molecule has 0 unspecified atom stereocenters. The minimum absolute atomic E-state index is 0.0243. The van der Waals surface area contributed by atoms with Crippen LogP contribution in [0.3, 0.4) is 0 Å². The topological polar surface area (TPSA) is 105 Å². The zero-order valence-electron chi connectivity index (χ0n) is 18.8. The number of aliphatic carboxylic acids is 1. The molecule has 33 heavy (non-hydrogen) atoms. The smallest absolute Gasteiger partial charge is 0.407 e. The van der Waals surface area contributed by atoms with Crippen molar-refractivity contribution in [2.45, 2.75) is 51.0 Å². The Morgan fingerprint density at radius 3 is 2.18 bits per heavy atom. The van der Waals surface area contributed by atoms with Crippen LogP contribution >= 0.6 is 0 Å². The van der Waals surface area contributed by atoms with Crippen molar-refractivity contribution in [3.63, 3.8) is 0 Å². The van der Waals surface area contributed by atoms with Gasteiger partial charge in [0.25, 0.3) is 0 Å². The van der Waals surface area contributed by atoms with Gasteiger partial charge in [0, 0.05) is 18.5 Å². The monoisotopic (exact) mass is 450 g/mol. The van der Waals surface area contributed by atoms with E-state index in [4.69, 9.17) is 9.84 Å². The summed E-state index contributed by atoms with van der Waals surface area (Å²) < 4.78 is 5.60. The molecular formula is C26H30N2O5. The van der Waals surface area contributed by atoms with Crippen LogP contribution in [0.15, 0.2) is 48.5 Å². The maximum absolute atomic E-state index is 12.9. The number of carboxylic acid groups (broad SMARTS) is 1. The summed E-state index contributed by atoms with van der Waals surface area (Å²) in [5.74, 6) is -1.18. The molecule has 2 aromatic rings. The number of rotatable bonds is 8. The first-order valence-corrected chi connectivity index (χ1v) is 11.5. The normalized spacial score (nSPS) is 17.0. The van der Waals surface area contributed by atoms with Gasteiger partial charge in [-0.3, -0.25) is 9.59 Å². The summed E-state index contributed by atoms with van der Waals surface area (Å²) in [5.41, 5.74) is 3.90. The number of hydrogen-bond donors (Lipinski definition) is 3. The fraction of sp³-hybridized carbons (Fsp3) is 0.423. The molecule has 7 heteroatoms. The maximum atomic E-state index is 12.9. The van der Waals surface area contributed by atoms with Gasteiger partial charge in [-0.25, -0.2) is 4.79 Å². The van der Waals surface area contributed by atoms with Gasteiger partial charge in [0.1, 0.15) is 6.61 Å². The molecule has 2 aliphatic rings. The summed E-state index contributed by atoms with van der Waals surface area (Å²) in [6.07, 6.45) is 2.42. The lowest BCUT2D eigenvalue weighted by molar-refractivity contribution is -0.138. The largest absolute Gasteiger partial charge is 0.481 e. The van der Waals surface area contributed by atoms with Crippen LogP contribution in [0.25, 0.3) is 11.1 Å². The molecule has 0 saturated heterocycles. The van der Waals surface area contributed by atoms with E-state index in [1.54, 1.807) is 6.92 Å². The van der Waals surface area contributed by atoms with E-state index in [1.165, 1.54) is 11.1 Å². The van der Waals surface area contributed by atoms with Crippen LogP contribution in [0.1, 0.15) is 56.1 Å². The average Bonchev–Trinajstić information content (AvgIpc) is 3.40. The van der Waals surface area contributed by atoms with Crippen LogP contribution in [-0.4, -0.2) is 42.3 Å². The Bertz CT molecular complexity index is 999. The van der Waals surface area contributed by atoms with Crippen LogP contribution in [-0.2, 0) is 14.3 Å². The van der Waals surface area contributed by atoms with Crippen LogP contribution in [0, 0.1) is 5.41 Å². The lowest BCUT2D eigenvalue weighted by Crippen LogP contribution is -2.49. The van der Waals surface area contributed by atoms with Crippen molar-refractivity contribution in [3.05, 3.63) is 59.7 Å². The van der Waals surface area contributed by atoms with Crippen LogP contribution in [0.5, 0.6) is 0 Å². The molecule has 1 fully saturated rings. The third-order valence-electron chi connectivity index (χ3n) is 6.82. The number of benzene rings is 2. The van der Waals surface area contributed by atoms with Crippen LogP contribution in [0.2, 0.25) is 0 Å². The highest BCUT2D eigenvalue weighted by atomic mass is 16.5. The summed E-state index contributed by atoms with van der Waals surface area (Å²) in [6, 6.07) is 15.8. The van der Waals surface area contributed by atoms with Gasteiger partial charge in [-0.1, -0.05) is 61.4 Å². The Morgan fingerprint density at radius 2 is 1.61 bits per heavy atom. The molecule has 1 saturated carbocycles. The molecule has 0 bridgehead atoms. The molecule has 2 aromatic carbocycles. The van der Waals surface area contributed by atoms with Gasteiger partial charge in [0.15, 0.2) is 0 Å². The average molecular weight is 451 g/mol. The summed E-state index contributed by atoms with van der Waals surface area (Å²) in [4.78, 5) is 36.4. The summed E-state index contributed by atoms with van der Waals surface area (Å²) in [7, 11) is 0.